The van der Waals surface area contributed by atoms with Crippen LogP contribution in [0.5, 0.6) is 0 Å². The fraction of sp³-hybridized carbons (Fsp3) is 0.857. The molecule has 0 saturated heterocycles. The minimum Gasteiger partial charge on any atom is -0.352 e. The van der Waals surface area contributed by atoms with Gasteiger partial charge in [0.25, 0.3) is 0 Å². The quantitative estimate of drug-likeness (QED) is 0.666. The van der Waals surface area contributed by atoms with E-state index in [9.17, 15) is 4.79 Å². The molecular weight excluding hydrogens is 164 g/mol. The van der Waals surface area contributed by atoms with Crippen molar-refractivity contribution in [3.8, 4) is 0 Å². The highest BCUT2D eigenvalue weighted by molar-refractivity contribution is 5.85. The normalized spacial score (nSPS) is 12.1. The van der Waals surface area contributed by atoms with Gasteiger partial charge >= 0.3 is 0 Å². The molecule has 0 aromatic carbocycles. The summed E-state index contributed by atoms with van der Waals surface area (Å²) in [6, 6.07) is 0.0925. The molecule has 0 unspecified atom stereocenters. The van der Waals surface area contributed by atoms with Gasteiger partial charge in [0, 0.05) is 18.5 Å². The summed E-state index contributed by atoms with van der Waals surface area (Å²) in [4.78, 5) is 10.9. The first kappa shape index (κ1) is 13.3. The van der Waals surface area contributed by atoms with Crippen LogP contribution in [0, 0.1) is 5.92 Å². The highest BCUT2D eigenvalue weighted by atomic mass is 35.5. The van der Waals surface area contributed by atoms with Crippen LogP contribution in [0.1, 0.15) is 20.8 Å². The van der Waals surface area contributed by atoms with E-state index in [1.807, 2.05) is 20.8 Å². The van der Waals surface area contributed by atoms with E-state index < -0.39 is 0 Å². The Morgan fingerprint density at radius 3 is 2.18 bits per heavy atom. The molecule has 0 bridgehead atoms. The van der Waals surface area contributed by atoms with Gasteiger partial charge in [0.1, 0.15) is 0 Å². The maximum absolute atomic E-state index is 10.9. The van der Waals surface area contributed by atoms with Crippen molar-refractivity contribution in [1.29, 1.82) is 0 Å². The second kappa shape index (κ2) is 6.43. The molecule has 0 fully saturated rings. The fourth-order valence-corrected chi connectivity index (χ4v) is 0.468. The third-order valence-corrected chi connectivity index (χ3v) is 1.27. The lowest BCUT2D eigenvalue weighted by Gasteiger charge is -2.12. The Hall–Kier alpha value is -0.280. The highest BCUT2D eigenvalue weighted by Gasteiger charge is 2.08. The molecular formula is C7H17ClN2O. The van der Waals surface area contributed by atoms with Crippen LogP contribution in [0.4, 0.5) is 0 Å². The third kappa shape index (κ3) is 6.13. The molecule has 0 radical (unpaired) electrons. The predicted octanol–water partition coefficient (Wildman–Crippen LogP) is 0.528. The Kier molecular flexibility index (Phi) is 7.79. The van der Waals surface area contributed by atoms with Crippen molar-refractivity contribution in [2.45, 2.75) is 26.8 Å². The van der Waals surface area contributed by atoms with Gasteiger partial charge in [-0.1, -0.05) is 13.8 Å². The van der Waals surface area contributed by atoms with Gasteiger partial charge in [0.2, 0.25) is 5.91 Å². The van der Waals surface area contributed by atoms with E-state index in [4.69, 9.17) is 5.73 Å². The second-order valence-corrected chi connectivity index (χ2v) is 2.80. The van der Waals surface area contributed by atoms with Crippen molar-refractivity contribution in [2.75, 3.05) is 6.54 Å². The molecule has 0 heterocycles. The predicted molar refractivity (Wildman–Crippen MR) is 48.7 cm³/mol. The Bertz CT molecular complexity index is 117. The van der Waals surface area contributed by atoms with Crippen LogP contribution in [0.25, 0.3) is 0 Å². The van der Waals surface area contributed by atoms with Crippen molar-refractivity contribution < 1.29 is 4.79 Å². The molecule has 0 aromatic heterocycles. The summed E-state index contributed by atoms with van der Waals surface area (Å²) in [5, 5.41) is 2.77. The topological polar surface area (TPSA) is 55.1 Å². The van der Waals surface area contributed by atoms with Gasteiger partial charge in [0.05, 0.1) is 0 Å². The van der Waals surface area contributed by atoms with Gasteiger partial charge in [-0.2, -0.15) is 0 Å². The van der Waals surface area contributed by atoms with Crippen molar-refractivity contribution in [1.82, 2.24) is 5.32 Å². The molecule has 4 heteroatoms. The van der Waals surface area contributed by atoms with Gasteiger partial charge in [-0.15, -0.1) is 12.4 Å². The van der Waals surface area contributed by atoms with E-state index in [1.54, 1.807) is 0 Å². The first-order valence-electron chi connectivity index (χ1n) is 3.58. The van der Waals surface area contributed by atoms with Crippen LogP contribution in [0.3, 0.4) is 0 Å². The van der Waals surface area contributed by atoms with E-state index in [2.05, 4.69) is 5.32 Å². The number of hydrogen-bond acceptors (Lipinski definition) is 2. The zero-order valence-electron chi connectivity index (χ0n) is 7.26. The molecule has 0 aromatic rings. The standard InChI is InChI=1S/C7H16N2O.ClH/c1-5(2)7(10)9-6(3)4-8;/h5-6H,4,8H2,1-3H3,(H,9,10);1H/t6-;/m0./s1. The summed E-state index contributed by atoms with van der Waals surface area (Å²) < 4.78 is 0. The van der Waals surface area contributed by atoms with E-state index in [1.165, 1.54) is 0 Å². The molecule has 1 atom stereocenters. The summed E-state index contributed by atoms with van der Waals surface area (Å²) in [6.07, 6.45) is 0. The van der Waals surface area contributed by atoms with Gasteiger partial charge in [-0.25, -0.2) is 0 Å². The van der Waals surface area contributed by atoms with E-state index in [0.717, 1.165) is 0 Å². The Balaban J connectivity index is 0. The fourth-order valence-electron chi connectivity index (χ4n) is 0.468. The lowest BCUT2D eigenvalue weighted by atomic mass is 10.2. The lowest BCUT2D eigenvalue weighted by Crippen LogP contribution is -2.39. The summed E-state index contributed by atoms with van der Waals surface area (Å²) in [5.74, 6) is 0.118. The third-order valence-electron chi connectivity index (χ3n) is 1.27. The van der Waals surface area contributed by atoms with Gasteiger partial charge in [-0.3, -0.25) is 4.79 Å². The largest absolute Gasteiger partial charge is 0.352 e. The van der Waals surface area contributed by atoms with Crippen LogP contribution in [-0.4, -0.2) is 18.5 Å². The number of carbonyl (C=O) groups excluding carboxylic acids is 1. The van der Waals surface area contributed by atoms with Gasteiger partial charge < -0.3 is 11.1 Å². The summed E-state index contributed by atoms with van der Waals surface area (Å²) in [7, 11) is 0. The SMILES string of the molecule is CC(C)C(=O)N[C@@H](C)CN.Cl. The van der Waals surface area contributed by atoms with E-state index in [0.29, 0.717) is 6.54 Å². The zero-order valence-corrected chi connectivity index (χ0v) is 8.07. The number of rotatable bonds is 3. The molecule has 0 rings (SSSR count). The monoisotopic (exact) mass is 180 g/mol. The molecule has 3 nitrogen and oxygen atoms in total. The molecule has 0 saturated carbocycles. The smallest absolute Gasteiger partial charge is 0.222 e. The first-order valence-corrected chi connectivity index (χ1v) is 3.58. The van der Waals surface area contributed by atoms with Crippen molar-refractivity contribution in [3.05, 3.63) is 0 Å². The maximum atomic E-state index is 10.9. The Labute approximate surface area is 74.1 Å². The van der Waals surface area contributed by atoms with E-state index in [-0.39, 0.29) is 30.3 Å². The van der Waals surface area contributed by atoms with Crippen LogP contribution in [0.2, 0.25) is 0 Å². The zero-order chi connectivity index (χ0) is 8.15. The van der Waals surface area contributed by atoms with Crippen molar-refractivity contribution in [3.63, 3.8) is 0 Å². The molecule has 0 aliphatic rings. The van der Waals surface area contributed by atoms with Crippen LogP contribution in [0.15, 0.2) is 0 Å². The number of hydrogen-bond donors (Lipinski definition) is 2. The molecule has 0 aliphatic heterocycles. The van der Waals surface area contributed by atoms with Crippen LogP contribution >= 0.6 is 12.4 Å². The Morgan fingerprint density at radius 2 is 1.91 bits per heavy atom. The average molecular weight is 181 g/mol. The molecule has 1 amide bonds. The molecule has 0 aliphatic carbocycles. The highest BCUT2D eigenvalue weighted by Crippen LogP contribution is 1.91. The van der Waals surface area contributed by atoms with E-state index >= 15 is 0 Å². The summed E-state index contributed by atoms with van der Waals surface area (Å²) >= 11 is 0. The summed E-state index contributed by atoms with van der Waals surface area (Å²) in [5.41, 5.74) is 5.31. The maximum Gasteiger partial charge on any atom is 0.222 e. The number of halogens is 1. The van der Waals surface area contributed by atoms with Gasteiger partial charge in [-0.05, 0) is 6.92 Å². The molecule has 3 N–H and O–H groups in total. The number of nitrogens with one attached hydrogen (secondary N) is 1. The first-order chi connectivity index (χ1) is 4.57. The number of nitrogens with two attached hydrogens (primary N) is 1. The minimum absolute atomic E-state index is 0. The second-order valence-electron chi connectivity index (χ2n) is 2.80. The minimum atomic E-state index is 0. The molecule has 11 heavy (non-hydrogen) atoms. The molecule has 0 spiro atoms. The average Bonchev–Trinajstić information content (AvgIpc) is 1.87. The number of carbonyl (C=O) groups is 1. The van der Waals surface area contributed by atoms with Crippen molar-refractivity contribution in [2.24, 2.45) is 11.7 Å². The van der Waals surface area contributed by atoms with Crippen LogP contribution in [-0.2, 0) is 4.79 Å². The Morgan fingerprint density at radius 1 is 1.45 bits per heavy atom. The molecule has 68 valence electrons. The van der Waals surface area contributed by atoms with Crippen molar-refractivity contribution >= 4 is 18.3 Å². The number of amides is 1. The van der Waals surface area contributed by atoms with Gasteiger partial charge in [0.15, 0.2) is 0 Å². The summed E-state index contributed by atoms with van der Waals surface area (Å²) in [6.45, 7) is 6.11. The van der Waals surface area contributed by atoms with Crippen LogP contribution < -0.4 is 11.1 Å². The lowest BCUT2D eigenvalue weighted by molar-refractivity contribution is -0.124.